The molecule has 0 amide bonds. The number of hydrogen-bond acceptors (Lipinski definition) is 3. The maximum Gasteiger partial charge on any atom is 0.243 e. The van der Waals surface area contributed by atoms with E-state index in [-0.39, 0.29) is 6.04 Å². The van der Waals surface area contributed by atoms with Gasteiger partial charge in [0, 0.05) is 12.6 Å². The number of rotatable bonds is 6. The summed E-state index contributed by atoms with van der Waals surface area (Å²) in [6.07, 6.45) is 4.07. The van der Waals surface area contributed by atoms with Crippen molar-refractivity contribution in [2.75, 3.05) is 6.54 Å². The van der Waals surface area contributed by atoms with Crippen LogP contribution >= 0.6 is 0 Å². The predicted molar refractivity (Wildman–Crippen MR) is 83.5 cm³/mol. The van der Waals surface area contributed by atoms with E-state index in [9.17, 15) is 13.5 Å². The smallest absolute Gasteiger partial charge is 0.243 e. The summed E-state index contributed by atoms with van der Waals surface area (Å²) < 4.78 is 27.3. The molecule has 1 aromatic rings. The van der Waals surface area contributed by atoms with Crippen LogP contribution in [0.25, 0.3) is 0 Å². The zero-order valence-corrected chi connectivity index (χ0v) is 13.6. The first-order valence-electron chi connectivity index (χ1n) is 7.80. The highest BCUT2D eigenvalue weighted by atomic mass is 32.2. The summed E-state index contributed by atoms with van der Waals surface area (Å²) in [4.78, 5) is 0.293. The van der Waals surface area contributed by atoms with Crippen LogP contribution in [0.4, 0.5) is 0 Å². The van der Waals surface area contributed by atoms with Crippen molar-refractivity contribution < 1.29 is 13.5 Å². The first kappa shape index (κ1) is 16.5. The van der Waals surface area contributed by atoms with Crippen LogP contribution in [0, 0.1) is 0 Å². The van der Waals surface area contributed by atoms with Crippen molar-refractivity contribution in [2.45, 2.75) is 63.0 Å². The van der Waals surface area contributed by atoms with Crippen LogP contribution in [0.3, 0.4) is 0 Å². The topological polar surface area (TPSA) is 57.6 Å². The Balaban J connectivity index is 2.33. The molecule has 1 aromatic carbocycles. The third-order valence-corrected chi connectivity index (χ3v) is 6.30. The quantitative estimate of drug-likeness (QED) is 0.878. The van der Waals surface area contributed by atoms with E-state index in [0.717, 1.165) is 25.7 Å². The van der Waals surface area contributed by atoms with Crippen molar-refractivity contribution in [3.8, 4) is 0 Å². The highest BCUT2D eigenvalue weighted by molar-refractivity contribution is 7.89. The standard InChI is InChI=1S/C16H25NO3S/c1-3-16(18)13-8-7-11-15(12-13)21(19,20)17(4-2)14-9-5-6-10-14/h7-8,11-12,14,16,18H,3-6,9-10H2,1-2H3. The second kappa shape index (κ2) is 6.90. The Morgan fingerprint density at radius 3 is 2.52 bits per heavy atom. The van der Waals surface area contributed by atoms with Gasteiger partial charge in [-0.05, 0) is 37.0 Å². The van der Waals surface area contributed by atoms with E-state index in [1.165, 1.54) is 0 Å². The number of aliphatic hydroxyl groups is 1. The van der Waals surface area contributed by atoms with Gasteiger partial charge in [-0.15, -0.1) is 0 Å². The van der Waals surface area contributed by atoms with E-state index in [2.05, 4.69) is 0 Å². The molecule has 1 N–H and O–H groups in total. The van der Waals surface area contributed by atoms with Gasteiger partial charge in [0.1, 0.15) is 0 Å². The van der Waals surface area contributed by atoms with Gasteiger partial charge in [0.15, 0.2) is 0 Å². The van der Waals surface area contributed by atoms with Crippen molar-refractivity contribution in [1.29, 1.82) is 0 Å². The molecule has 21 heavy (non-hydrogen) atoms. The minimum Gasteiger partial charge on any atom is -0.388 e. The van der Waals surface area contributed by atoms with Gasteiger partial charge in [-0.3, -0.25) is 0 Å². The van der Waals surface area contributed by atoms with Crippen LogP contribution in [0.1, 0.15) is 57.6 Å². The maximum atomic E-state index is 12.9. The van der Waals surface area contributed by atoms with Gasteiger partial charge in [0.2, 0.25) is 10.0 Å². The summed E-state index contributed by atoms with van der Waals surface area (Å²) in [5.74, 6) is 0. The van der Waals surface area contributed by atoms with Gasteiger partial charge in [-0.2, -0.15) is 4.31 Å². The lowest BCUT2D eigenvalue weighted by Gasteiger charge is -2.27. The van der Waals surface area contributed by atoms with Crippen molar-refractivity contribution in [3.63, 3.8) is 0 Å². The Labute approximate surface area is 127 Å². The van der Waals surface area contributed by atoms with Gasteiger partial charge in [0.05, 0.1) is 11.0 Å². The van der Waals surface area contributed by atoms with Crippen LogP contribution in [-0.2, 0) is 10.0 Å². The third-order valence-electron chi connectivity index (χ3n) is 4.28. The van der Waals surface area contributed by atoms with Gasteiger partial charge in [0.25, 0.3) is 0 Å². The van der Waals surface area contributed by atoms with E-state index in [1.54, 1.807) is 28.6 Å². The van der Waals surface area contributed by atoms with E-state index >= 15 is 0 Å². The van der Waals surface area contributed by atoms with Crippen LogP contribution in [0.15, 0.2) is 29.2 Å². The number of aliphatic hydroxyl groups excluding tert-OH is 1. The van der Waals surface area contributed by atoms with Crippen molar-refractivity contribution in [3.05, 3.63) is 29.8 Å². The van der Waals surface area contributed by atoms with E-state index in [0.29, 0.717) is 23.4 Å². The van der Waals surface area contributed by atoms with Gasteiger partial charge >= 0.3 is 0 Å². The Kier molecular flexibility index (Phi) is 5.41. The molecule has 118 valence electrons. The molecule has 0 aliphatic heterocycles. The van der Waals surface area contributed by atoms with Crippen molar-refractivity contribution >= 4 is 10.0 Å². The highest BCUT2D eigenvalue weighted by Gasteiger charge is 2.32. The Hall–Kier alpha value is -0.910. The average Bonchev–Trinajstić information content (AvgIpc) is 3.01. The molecule has 0 radical (unpaired) electrons. The average molecular weight is 311 g/mol. The summed E-state index contributed by atoms with van der Waals surface area (Å²) in [6.45, 7) is 4.26. The molecule has 1 atom stereocenters. The zero-order valence-electron chi connectivity index (χ0n) is 12.8. The molecule has 1 fully saturated rings. The second-order valence-corrected chi connectivity index (χ2v) is 7.53. The Morgan fingerprint density at radius 1 is 1.29 bits per heavy atom. The highest BCUT2D eigenvalue weighted by Crippen LogP contribution is 2.29. The van der Waals surface area contributed by atoms with E-state index in [4.69, 9.17) is 0 Å². The summed E-state index contributed by atoms with van der Waals surface area (Å²) in [7, 11) is -3.48. The molecule has 4 nitrogen and oxygen atoms in total. The van der Waals surface area contributed by atoms with Crippen LogP contribution in [0.5, 0.6) is 0 Å². The number of benzene rings is 1. The van der Waals surface area contributed by atoms with Crippen LogP contribution in [-0.4, -0.2) is 30.4 Å². The van der Waals surface area contributed by atoms with Gasteiger partial charge < -0.3 is 5.11 Å². The fourth-order valence-corrected chi connectivity index (χ4v) is 4.82. The fourth-order valence-electron chi connectivity index (χ4n) is 3.07. The van der Waals surface area contributed by atoms with Gasteiger partial charge in [-0.1, -0.05) is 38.8 Å². The summed E-state index contributed by atoms with van der Waals surface area (Å²) in [5, 5.41) is 9.92. The molecule has 0 spiro atoms. The summed E-state index contributed by atoms with van der Waals surface area (Å²) in [5.41, 5.74) is 0.668. The van der Waals surface area contributed by atoms with E-state index < -0.39 is 16.1 Å². The molecule has 0 saturated heterocycles. The van der Waals surface area contributed by atoms with Crippen molar-refractivity contribution in [2.24, 2.45) is 0 Å². The summed E-state index contributed by atoms with van der Waals surface area (Å²) in [6, 6.07) is 6.85. The minimum atomic E-state index is -3.48. The molecule has 5 heteroatoms. The number of nitrogens with zero attached hydrogens (tertiary/aromatic N) is 1. The number of hydrogen-bond donors (Lipinski definition) is 1. The molecule has 1 unspecified atom stereocenters. The molecular weight excluding hydrogens is 286 g/mol. The molecule has 0 bridgehead atoms. The van der Waals surface area contributed by atoms with Gasteiger partial charge in [-0.25, -0.2) is 8.42 Å². The van der Waals surface area contributed by atoms with Crippen LogP contribution in [0.2, 0.25) is 0 Å². The molecule has 0 heterocycles. The predicted octanol–water partition coefficient (Wildman–Crippen LogP) is 3.08. The first-order chi connectivity index (χ1) is 10.0. The second-order valence-electron chi connectivity index (χ2n) is 5.64. The largest absolute Gasteiger partial charge is 0.388 e. The third kappa shape index (κ3) is 3.47. The molecule has 1 saturated carbocycles. The van der Waals surface area contributed by atoms with Crippen molar-refractivity contribution in [1.82, 2.24) is 4.31 Å². The Morgan fingerprint density at radius 2 is 1.95 bits per heavy atom. The lowest BCUT2D eigenvalue weighted by atomic mass is 10.1. The normalized spacial score (nSPS) is 18.3. The van der Waals surface area contributed by atoms with E-state index in [1.807, 2.05) is 13.8 Å². The minimum absolute atomic E-state index is 0.125. The molecule has 1 aliphatic carbocycles. The number of sulfonamides is 1. The first-order valence-corrected chi connectivity index (χ1v) is 9.24. The summed E-state index contributed by atoms with van der Waals surface area (Å²) >= 11 is 0. The Bertz CT molecular complexity index is 565. The fraction of sp³-hybridized carbons (Fsp3) is 0.625. The zero-order chi connectivity index (χ0) is 15.5. The molecule has 0 aromatic heterocycles. The molecule has 2 rings (SSSR count). The monoisotopic (exact) mass is 311 g/mol. The lowest BCUT2D eigenvalue weighted by Crippen LogP contribution is -2.38. The SMILES string of the molecule is CCC(O)c1cccc(S(=O)(=O)N(CC)C2CCCC2)c1. The molecule has 1 aliphatic rings. The lowest BCUT2D eigenvalue weighted by molar-refractivity contribution is 0.173. The maximum absolute atomic E-state index is 12.9. The molecular formula is C16H25NO3S. The van der Waals surface area contributed by atoms with Crippen LogP contribution < -0.4 is 0 Å².